The van der Waals surface area contributed by atoms with Gasteiger partial charge in [0.05, 0.1) is 29.7 Å². The number of benzene rings is 2. The highest BCUT2D eigenvalue weighted by molar-refractivity contribution is 6.32. The number of hydrogen-bond acceptors (Lipinski definition) is 6. The number of rotatable bonds is 7. The molecule has 0 aromatic heterocycles. The summed E-state index contributed by atoms with van der Waals surface area (Å²) in [6, 6.07) is 8.58. The summed E-state index contributed by atoms with van der Waals surface area (Å²) in [7, 11) is 2.94. The van der Waals surface area contributed by atoms with E-state index in [2.05, 4.69) is 0 Å². The molecule has 0 N–H and O–H groups in total. The number of methoxy groups -OCH3 is 2. The molecule has 0 atom stereocenters. The predicted octanol–water partition coefficient (Wildman–Crippen LogP) is 3.53. The molecule has 0 aliphatic carbocycles. The minimum Gasteiger partial charge on any atom is -0.497 e. The van der Waals surface area contributed by atoms with Crippen molar-refractivity contribution in [3.63, 3.8) is 0 Å². The number of nitro groups is 1. The number of nitro benzene ring substituents is 1. The van der Waals surface area contributed by atoms with Crippen LogP contribution in [0.25, 0.3) is 0 Å². The Labute approximate surface area is 142 Å². The number of ketones is 1. The Balaban J connectivity index is 2.15. The molecule has 8 heteroatoms. The van der Waals surface area contributed by atoms with Gasteiger partial charge in [-0.1, -0.05) is 11.6 Å². The van der Waals surface area contributed by atoms with Crippen LogP contribution in [0.1, 0.15) is 10.4 Å². The maximum absolute atomic E-state index is 12.3. The van der Waals surface area contributed by atoms with Crippen LogP contribution in [0.5, 0.6) is 17.2 Å². The largest absolute Gasteiger partial charge is 0.497 e. The van der Waals surface area contributed by atoms with Gasteiger partial charge in [-0.25, -0.2) is 0 Å². The summed E-state index contributed by atoms with van der Waals surface area (Å²) in [4.78, 5) is 22.4. The van der Waals surface area contributed by atoms with Gasteiger partial charge >= 0.3 is 0 Å². The van der Waals surface area contributed by atoms with E-state index in [9.17, 15) is 14.9 Å². The van der Waals surface area contributed by atoms with Gasteiger partial charge in [0.15, 0.2) is 6.61 Å². The number of hydrogen-bond donors (Lipinski definition) is 0. The number of nitrogens with zero attached hydrogens (tertiary/aromatic N) is 1. The minimum atomic E-state index is -0.568. The topological polar surface area (TPSA) is 87.9 Å². The first-order valence-corrected chi connectivity index (χ1v) is 7.16. The third kappa shape index (κ3) is 3.94. The molecular weight excluding hydrogens is 338 g/mol. The summed E-state index contributed by atoms with van der Waals surface area (Å²) < 4.78 is 15.6. The molecular formula is C16H14ClNO6. The van der Waals surface area contributed by atoms with Crippen molar-refractivity contribution in [2.75, 3.05) is 20.8 Å². The van der Waals surface area contributed by atoms with E-state index in [1.165, 1.54) is 26.4 Å². The molecule has 0 saturated heterocycles. The zero-order valence-corrected chi connectivity index (χ0v) is 13.7. The highest BCUT2D eigenvalue weighted by Gasteiger charge is 2.16. The van der Waals surface area contributed by atoms with Crippen LogP contribution in [-0.4, -0.2) is 31.5 Å². The maximum atomic E-state index is 12.3. The van der Waals surface area contributed by atoms with Gasteiger partial charge < -0.3 is 14.2 Å². The molecule has 2 aromatic rings. The summed E-state index contributed by atoms with van der Waals surface area (Å²) in [5, 5.41) is 10.7. The van der Waals surface area contributed by atoms with E-state index in [1.54, 1.807) is 18.2 Å². The molecule has 0 heterocycles. The average Bonchev–Trinajstić information content (AvgIpc) is 2.59. The Bertz CT molecular complexity index is 777. The second-order valence-corrected chi connectivity index (χ2v) is 5.06. The number of carbonyl (C=O) groups excluding carboxylic acids is 1. The van der Waals surface area contributed by atoms with Gasteiger partial charge in [-0.2, -0.15) is 0 Å². The van der Waals surface area contributed by atoms with Crippen molar-refractivity contribution >= 4 is 23.1 Å². The standard InChI is InChI=1S/C16H14ClNO6/c1-22-11-4-6-15(23-2)12(8-11)14(19)9-24-16-5-3-10(18(20)21)7-13(16)17/h3-8H,9H2,1-2H3. The SMILES string of the molecule is COc1ccc(OC)c(C(=O)COc2ccc([N+](=O)[O-])cc2Cl)c1. The molecule has 2 aromatic carbocycles. The van der Waals surface area contributed by atoms with Gasteiger partial charge in [0.2, 0.25) is 5.78 Å². The molecule has 0 aliphatic rings. The zero-order valence-electron chi connectivity index (χ0n) is 12.9. The van der Waals surface area contributed by atoms with Crippen LogP contribution in [0.2, 0.25) is 5.02 Å². The van der Waals surface area contributed by atoms with E-state index in [0.717, 1.165) is 6.07 Å². The first-order chi connectivity index (χ1) is 11.5. The van der Waals surface area contributed by atoms with Gasteiger partial charge in [0.25, 0.3) is 5.69 Å². The van der Waals surface area contributed by atoms with E-state index in [1.807, 2.05) is 0 Å². The summed E-state index contributed by atoms with van der Waals surface area (Å²) in [6.45, 7) is -0.305. The van der Waals surface area contributed by atoms with Crippen molar-refractivity contribution in [3.05, 3.63) is 57.1 Å². The van der Waals surface area contributed by atoms with Crippen LogP contribution >= 0.6 is 11.6 Å². The number of ether oxygens (including phenoxy) is 3. The van der Waals surface area contributed by atoms with Gasteiger partial charge in [-0.3, -0.25) is 14.9 Å². The van der Waals surface area contributed by atoms with Crippen LogP contribution < -0.4 is 14.2 Å². The smallest absolute Gasteiger partial charge is 0.271 e. The number of carbonyl (C=O) groups is 1. The number of halogens is 1. The van der Waals surface area contributed by atoms with E-state index < -0.39 is 4.92 Å². The summed E-state index contributed by atoms with van der Waals surface area (Å²) >= 11 is 5.92. The predicted molar refractivity (Wildman–Crippen MR) is 87.5 cm³/mol. The lowest BCUT2D eigenvalue weighted by Gasteiger charge is -2.11. The van der Waals surface area contributed by atoms with Crippen molar-refractivity contribution in [2.45, 2.75) is 0 Å². The fourth-order valence-corrected chi connectivity index (χ4v) is 2.20. The van der Waals surface area contributed by atoms with Crippen molar-refractivity contribution in [3.8, 4) is 17.2 Å². The number of Topliss-reactive ketones (excluding diaryl/α,β-unsaturated/α-hetero) is 1. The van der Waals surface area contributed by atoms with Gasteiger partial charge in [-0.15, -0.1) is 0 Å². The second-order valence-electron chi connectivity index (χ2n) is 4.65. The van der Waals surface area contributed by atoms with E-state index >= 15 is 0 Å². The van der Waals surface area contributed by atoms with E-state index in [0.29, 0.717) is 17.1 Å². The van der Waals surface area contributed by atoms with Crippen molar-refractivity contribution in [1.82, 2.24) is 0 Å². The molecule has 126 valence electrons. The lowest BCUT2D eigenvalue weighted by atomic mass is 10.1. The molecule has 0 aliphatic heterocycles. The van der Waals surface area contributed by atoms with Crippen LogP contribution in [0.3, 0.4) is 0 Å². The van der Waals surface area contributed by atoms with Crippen LogP contribution in [0.15, 0.2) is 36.4 Å². The molecule has 0 bridgehead atoms. The molecule has 7 nitrogen and oxygen atoms in total. The molecule has 0 spiro atoms. The van der Waals surface area contributed by atoms with Crippen LogP contribution in [0.4, 0.5) is 5.69 Å². The van der Waals surface area contributed by atoms with Crippen molar-refractivity contribution < 1.29 is 23.9 Å². The molecule has 0 radical (unpaired) electrons. The molecule has 24 heavy (non-hydrogen) atoms. The first-order valence-electron chi connectivity index (χ1n) is 6.78. The Hall–Kier alpha value is -2.80. The third-order valence-corrected chi connectivity index (χ3v) is 3.49. The molecule has 0 fully saturated rings. The molecule has 0 unspecified atom stereocenters. The lowest BCUT2D eigenvalue weighted by molar-refractivity contribution is -0.384. The summed E-state index contributed by atoms with van der Waals surface area (Å²) in [5.41, 5.74) is 0.142. The Morgan fingerprint density at radius 2 is 1.83 bits per heavy atom. The highest BCUT2D eigenvalue weighted by Crippen LogP contribution is 2.29. The third-order valence-electron chi connectivity index (χ3n) is 3.19. The Morgan fingerprint density at radius 3 is 2.42 bits per heavy atom. The summed E-state index contributed by atoms with van der Waals surface area (Å²) in [6.07, 6.45) is 0. The molecule has 0 amide bonds. The van der Waals surface area contributed by atoms with Crippen molar-refractivity contribution in [1.29, 1.82) is 0 Å². The fraction of sp³-hybridized carbons (Fsp3) is 0.188. The van der Waals surface area contributed by atoms with Crippen molar-refractivity contribution in [2.24, 2.45) is 0 Å². The molecule has 0 saturated carbocycles. The molecule has 2 rings (SSSR count). The maximum Gasteiger partial charge on any atom is 0.271 e. The normalized spacial score (nSPS) is 10.1. The van der Waals surface area contributed by atoms with Gasteiger partial charge in [0, 0.05) is 12.1 Å². The van der Waals surface area contributed by atoms with Crippen LogP contribution in [-0.2, 0) is 0 Å². The zero-order chi connectivity index (χ0) is 17.7. The second kappa shape index (κ2) is 7.65. The Kier molecular flexibility index (Phi) is 5.59. The summed E-state index contributed by atoms with van der Waals surface area (Å²) in [5.74, 6) is 0.726. The fourth-order valence-electron chi connectivity index (χ4n) is 1.97. The number of non-ortho nitro benzene ring substituents is 1. The highest BCUT2D eigenvalue weighted by atomic mass is 35.5. The van der Waals surface area contributed by atoms with E-state index in [4.69, 9.17) is 25.8 Å². The lowest BCUT2D eigenvalue weighted by Crippen LogP contribution is -2.13. The average molecular weight is 352 g/mol. The van der Waals surface area contributed by atoms with Gasteiger partial charge in [-0.05, 0) is 24.3 Å². The first kappa shape index (κ1) is 17.6. The monoisotopic (exact) mass is 351 g/mol. The quantitative estimate of drug-likeness (QED) is 0.431. The van der Waals surface area contributed by atoms with Crippen LogP contribution in [0, 0.1) is 10.1 Å². The van der Waals surface area contributed by atoms with E-state index in [-0.39, 0.29) is 28.8 Å². The Morgan fingerprint density at radius 1 is 1.12 bits per heavy atom. The van der Waals surface area contributed by atoms with Gasteiger partial charge in [0.1, 0.15) is 17.2 Å². The minimum absolute atomic E-state index is 0.0506.